The fourth-order valence-corrected chi connectivity index (χ4v) is 3.52. The Morgan fingerprint density at radius 2 is 1.85 bits per heavy atom. The minimum Gasteiger partial charge on any atom is -0.348 e. The number of aliphatic imine (C=N–C) groups is 1. The Balaban J connectivity index is 2.29. The summed E-state index contributed by atoms with van der Waals surface area (Å²) in [5.41, 5.74) is -0.504. The molecule has 2 aromatic rings. The molecule has 0 unspecified atom stereocenters. The number of alkyl halides is 3. The fourth-order valence-electron chi connectivity index (χ4n) is 2.68. The van der Waals surface area contributed by atoms with Crippen LogP contribution in [0.1, 0.15) is 16.7 Å². The van der Waals surface area contributed by atoms with Crippen molar-refractivity contribution in [3.05, 3.63) is 59.2 Å². The number of hydrogen-bond donors (Lipinski definition) is 1. The van der Waals surface area contributed by atoms with Gasteiger partial charge < -0.3 is 5.32 Å². The highest BCUT2D eigenvalue weighted by Gasteiger charge is 2.36. The summed E-state index contributed by atoms with van der Waals surface area (Å²) < 4.78 is 64.3. The molecule has 0 saturated carbocycles. The van der Waals surface area contributed by atoms with Crippen LogP contribution >= 0.6 is 12.2 Å². The van der Waals surface area contributed by atoms with Gasteiger partial charge in [0.1, 0.15) is 4.99 Å². The van der Waals surface area contributed by atoms with Gasteiger partial charge in [-0.3, -0.25) is 4.99 Å². The molecule has 1 aliphatic rings. The van der Waals surface area contributed by atoms with E-state index in [0.29, 0.717) is 0 Å². The van der Waals surface area contributed by atoms with Gasteiger partial charge in [0, 0.05) is 23.1 Å². The van der Waals surface area contributed by atoms with E-state index >= 15 is 0 Å². The Bertz CT molecular complexity index is 1030. The first-order chi connectivity index (χ1) is 12.1. The smallest absolute Gasteiger partial charge is 0.348 e. The van der Waals surface area contributed by atoms with Crippen molar-refractivity contribution in [2.75, 3.05) is 18.1 Å². The third-order valence-corrected chi connectivity index (χ3v) is 5.14. The van der Waals surface area contributed by atoms with Crippen LogP contribution in [0.4, 0.5) is 18.9 Å². The van der Waals surface area contributed by atoms with Crippen LogP contribution in [-0.4, -0.2) is 31.9 Å². The summed E-state index contributed by atoms with van der Waals surface area (Å²) in [6.45, 7) is -0.000252. The lowest BCUT2D eigenvalue weighted by Crippen LogP contribution is -2.16. The molecule has 1 N–H and O–H groups in total. The molecule has 0 fully saturated rings. The topological polar surface area (TPSA) is 58.5 Å². The number of anilines is 1. The van der Waals surface area contributed by atoms with Gasteiger partial charge in [-0.15, -0.1) is 0 Å². The fraction of sp³-hybridized carbons (Fsp3) is 0.176. The van der Waals surface area contributed by atoms with Crippen molar-refractivity contribution >= 4 is 38.4 Å². The van der Waals surface area contributed by atoms with Crippen LogP contribution in [0, 0.1) is 0 Å². The van der Waals surface area contributed by atoms with E-state index in [2.05, 4.69) is 10.3 Å². The third kappa shape index (κ3) is 3.63. The van der Waals surface area contributed by atoms with Crippen molar-refractivity contribution in [2.45, 2.75) is 11.1 Å². The Kier molecular flexibility index (Phi) is 4.61. The largest absolute Gasteiger partial charge is 0.417 e. The van der Waals surface area contributed by atoms with Crippen molar-refractivity contribution in [3.63, 3.8) is 0 Å². The second-order valence-electron chi connectivity index (χ2n) is 5.74. The molecular weight excluding hydrogens is 385 g/mol. The molecule has 0 atom stereocenters. The zero-order valence-corrected chi connectivity index (χ0v) is 15.1. The average Bonchev–Trinajstić information content (AvgIpc) is 2.71. The predicted molar refractivity (Wildman–Crippen MR) is 97.7 cm³/mol. The quantitative estimate of drug-likeness (QED) is 0.784. The average molecular weight is 398 g/mol. The van der Waals surface area contributed by atoms with E-state index in [-0.39, 0.29) is 39.0 Å². The molecule has 1 heterocycles. The van der Waals surface area contributed by atoms with Crippen molar-refractivity contribution in [3.8, 4) is 0 Å². The minimum absolute atomic E-state index is 0.000252. The van der Waals surface area contributed by atoms with Gasteiger partial charge in [-0.1, -0.05) is 30.4 Å². The van der Waals surface area contributed by atoms with Crippen molar-refractivity contribution in [2.24, 2.45) is 4.99 Å². The summed E-state index contributed by atoms with van der Waals surface area (Å²) in [6.07, 6.45) is -3.57. The van der Waals surface area contributed by atoms with Crippen molar-refractivity contribution in [1.29, 1.82) is 0 Å². The summed E-state index contributed by atoms with van der Waals surface area (Å²) in [7, 11) is -3.52. The van der Waals surface area contributed by atoms with E-state index in [9.17, 15) is 21.6 Å². The number of halogens is 3. The Labute approximate surface area is 153 Å². The van der Waals surface area contributed by atoms with Crippen molar-refractivity contribution < 1.29 is 21.6 Å². The van der Waals surface area contributed by atoms with Crippen LogP contribution in [0.25, 0.3) is 0 Å². The molecule has 136 valence electrons. The molecule has 0 amide bonds. The van der Waals surface area contributed by atoms with E-state index in [1.165, 1.54) is 36.4 Å². The number of benzene rings is 2. The molecular formula is C17H13F3N2O2S2. The first-order valence-corrected chi connectivity index (χ1v) is 9.73. The van der Waals surface area contributed by atoms with Crippen LogP contribution < -0.4 is 5.32 Å². The number of nitrogens with zero attached hydrogens (tertiary/aromatic N) is 1. The van der Waals surface area contributed by atoms with Crippen LogP contribution in [0.5, 0.6) is 0 Å². The van der Waals surface area contributed by atoms with E-state index in [1.807, 2.05) is 0 Å². The van der Waals surface area contributed by atoms with Crippen molar-refractivity contribution in [1.82, 2.24) is 0 Å². The Morgan fingerprint density at radius 3 is 2.50 bits per heavy atom. The predicted octanol–water partition coefficient (Wildman–Crippen LogP) is 3.70. The van der Waals surface area contributed by atoms with Gasteiger partial charge in [-0.25, -0.2) is 8.42 Å². The highest BCUT2D eigenvalue weighted by molar-refractivity contribution is 7.90. The van der Waals surface area contributed by atoms with Crippen LogP contribution in [0.2, 0.25) is 0 Å². The van der Waals surface area contributed by atoms with Crippen LogP contribution in [0.3, 0.4) is 0 Å². The van der Waals surface area contributed by atoms with Gasteiger partial charge in [-0.05, 0) is 24.3 Å². The number of benzodiazepines with no additional fused rings is 1. The molecule has 0 bridgehead atoms. The SMILES string of the molecule is CS(=O)(=O)c1cccc(C2=NCC(=S)Nc3cccc(C(F)(F)F)c32)c1. The first-order valence-electron chi connectivity index (χ1n) is 7.43. The molecule has 26 heavy (non-hydrogen) atoms. The molecule has 0 aliphatic carbocycles. The molecule has 0 saturated heterocycles. The number of fused-ring (bicyclic) bond motifs is 1. The molecule has 0 aromatic heterocycles. The summed E-state index contributed by atoms with van der Waals surface area (Å²) in [5.74, 6) is 0. The Morgan fingerprint density at radius 1 is 1.15 bits per heavy atom. The van der Waals surface area contributed by atoms with Crippen LogP contribution in [0.15, 0.2) is 52.4 Å². The van der Waals surface area contributed by atoms with Gasteiger partial charge in [0.25, 0.3) is 0 Å². The lowest BCUT2D eigenvalue weighted by atomic mass is 9.95. The monoisotopic (exact) mass is 398 g/mol. The van der Waals surface area contributed by atoms with E-state index < -0.39 is 21.6 Å². The number of hydrogen-bond acceptors (Lipinski definition) is 4. The van der Waals surface area contributed by atoms with E-state index in [0.717, 1.165) is 12.3 Å². The molecule has 9 heteroatoms. The highest BCUT2D eigenvalue weighted by atomic mass is 32.2. The second kappa shape index (κ2) is 6.48. The number of sulfone groups is 1. The molecule has 1 aliphatic heterocycles. The molecule has 2 aromatic carbocycles. The maximum atomic E-state index is 13.6. The first kappa shape index (κ1) is 18.5. The standard InChI is InChI=1S/C17H13F3N2O2S2/c1-26(23,24)11-5-2-4-10(8-11)16-15-12(17(18,19)20)6-3-7-13(15)22-14(25)9-21-16/h2-8H,9H2,1H3,(H,22,25). The van der Waals surface area contributed by atoms with E-state index in [4.69, 9.17) is 12.2 Å². The van der Waals surface area contributed by atoms with Gasteiger partial charge >= 0.3 is 6.18 Å². The van der Waals surface area contributed by atoms with Gasteiger partial charge in [0.2, 0.25) is 0 Å². The van der Waals surface area contributed by atoms with Gasteiger partial charge in [0.05, 0.1) is 22.7 Å². The van der Waals surface area contributed by atoms with Crippen LogP contribution in [-0.2, 0) is 16.0 Å². The normalized spacial score (nSPS) is 14.9. The summed E-state index contributed by atoms with van der Waals surface area (Å²) >= 11 is 5.10. The number of rotatable bonds is 2. The Hall–Kier alpha value is -2.26. The number of nitrogens with one attached hydrogen (secondary N) is 1. The molecule has 4 nitrogen and oxygen atoms in total. The summed E-state index contributed by atoms with van der Waals surface area (Å²) in [4.78, 5) is 4.51. The lowest BCUT2D eigenvalue weighted by molar-refractivity contribution is -0.137. The highest BCUT2D eigenvalue weighted by Crippen LogP contribution is 2.37. The zero-order valence-electron chi connectivity index (χ0n) is 13.5. The second-order valence-corrected chi connectivity index (χ2v) is 8.25. The summed E-state index contributed by atoms with van der Waals surface area (Å²) in [6, 6.07) is 9.44. The van der Waals surface area contributed by atoms with Gasteiger partial charge in [0.15, 0.2) is 9.84 Å². The molecule has 3 rings (SSSR count). The maximum Gasteiger partial charge on any atom is 0.417 e. The molecule has 0 spiro atoms. The number of thiocarbonyl (C=S) groups is 1. The maximum absolute atomic E-state index is 13.6. The third-order valence-electron chi connectivity index (χ3n) is 3.80. The molecule has 0 radical (unpaired) electrons. The summed E-state index contributed by atoms with van der Waals surface area (Å²) in [5, 5.41) is 2.78. The zero-order chi connectivity index (χ0) is 19.1. The van der Waals surface area contributed by atoms with Gasteiger partial charge in [-0.2, -0.15) is 13.2 Å². The minimum atomic E-state index is -4.60. The lowest BCUT2D eigenvalue weighted by Gasteiger charge is -2.17. The van der Waals surface area contributed by atoms with E-state index in [1.54, 1.807) is 0 Å².